The molecule has 1 heterocycles. The van der Waals surface area contributed by atoms with Crippen LogP contribution in [0.2, 0.25) is 0 Å². The fourth-order valence-electron chi connectivity index (χ4n) is 2.99. The second-order valence-electron chi connectivity index (χ2n) is 6.58. The van der Waals surface area contributed by atoms with Crippen LogP contribution in [0.15, 0.2) is 34.9 Å². The van der Waals surface area contributed by atoms with Crippen LogP contribution >= 0.6 is 0 Å². The van der Waals surface area contributed by atoms with E-state index in [9.17, 15) is 4.79 Å². The molecule has 5 heteroatoms. The van der Waals surface area contributed by atoms with E-state index in [0.29, 0.717) is 11.5 Å². The minimum absolute atomic E-state index is 0.135. The van der Waals surface area contributed by atoms with Gasteiger partial charge in [0.25, 0.3) is 5.91 Å². The number of aromatic nitrogens is 1. The molecule has 0 unspecified atom stereocenters. The van der Waals surface area contributed by atoms with E-state index in [1.165, 1.54) is 19.3 Å². The van der Waals surface area contributed by atoms with Gasteiger partial charge in [0.1, 0.15) is 5.75 Å². The molecule has 1 fully saturated rings. The zero-order chi connectivity index (χ0) is 16.9. The molecule has 3 rings (SSSR count). The van der Waals surface area contributed by atoms with Gasteiger partial charge >= 0.3 is 0 Å². The maximum Gasteiger partial charge on any atom is 0.273 e. The Morgan fingerprint density at radius 1 is 1.21 bits per heavy atom. The molecular weight excluding hydrogens is 304 g/mol. The molecule has 2 aromatic rings. The van der Waals surface area contributed by atoms with Gasteiger partial charge in [0, 0.05) is 17.7 Å². The van der Waals surface area contributed by atoms with Gasteiger partial charge < -0.3 is 14.6 Å². The lowest BCUT2D eigenvalue weighted by molar-refractivity contribution is 0.0918. The number of hydrogen-bond donors (Lipinski definition) is 1. The summed E-state index contributed by atoms with van der Waals surface area (Å²) >= 11 is 0. The zero-order valence-electron chi connectivity index (χ0n) is 14.2. The smallest absolute Gasteiger partial charge is 0.273 e. The zero-order valence-corrected chi connectivity index (χ0v) is 14.2. The van der Waals surface area contributed by atoms with E-state index < -0.39 is 0 Å². The summed E-state index contributed by atoms with van der Waals surface area (Å²) in [6.45, 7) is 3.98. The Balaban J connectivity index is 1.65. The SMILES string of the molecule is CC(C)Oc1ccc(-c2cc(C(=O)NC3CCCCC3)no2)cc1. The van der Waals surface area contributed by atoms with Gasteiger partial charge in [-0.15, -0.1) is 0 Å². The van der Waals surface area contributed by atoms with Crippen molar-refractivity contribution < 1.29 is 14.1 Å². The first-order chi connectivity index (χ1) is 11.6. The Hall–Kier alpha value is -2.30. The molecule has 128 valence electrons. The van der Waals surface area contributed by atoms with E-state index in [-0.39, 0.29) is 18.1 Å². The summed E-state index contributed by atoms with van der Waals surface area (Å²) in [5.74, 6) is 1.24. The van der Waals surface area contributed by atoms with Gasteiger partial charge in [-0.1, -0.05) is 24.4 Å². The van der Waals surface area contributed by atoms with Crippen molar-refractivity contribution in [2.75, 3.05) is 0 Å². The highest BCUT2D eigenvalue weighted by atomic mass is 16.5. The lowest BCUT2D eigenvalue weighted by Crippen LogP contribution is -2.36. The lowest BCUT2D eigenvalue weighted by atomic mass is 9.95. The van der Waals surface area contributed by atoms with Gasteiger partial charge in [0.15, 0.2) is 11.5 Å². The molecule has 1 amide bonds. The van der Waals surface area contributed by atoms with Gasteiger partial charge in [-0.25, -0.2) is 0 Å². The molecule has 0 spiro atoms. The van der Waals surface area contributed by atoms with Crippen LogP contribution in [-0.2, 0) is 0 Å². The maximum absolute atomic E-state index is 12.3. The van der Waals surface area contributed by atoms with Gasteiger partial charge in [-0.3, -0.25) is 4.79 Å². The highest BCUT2D eigenvalue weighted by Crippen LogP contribution is 2.24. The number of hydrogen-bond acceptors (Lipinski definition) is 4. The number of nitrogens with zero attached hydrogens (tertiary/aromatic N) is 1. The van der Waals surface area contributed by atoms with Crippen molar-refractivity contribution in [1.82, 2.24) is 10.5 Å². The van der Waals surface area contributed by atoms with Gasteiger partial charge in [-0.2, -0.15) is 0 Å². The van der Waals surface area contributed by atoms with E-state index in [1.807, 2.05) is 38.1 Å². The van der Waals surface area contributed by atoms with E-state index in [2.05, 4.69) is 10.5 Å². The van der Waals surface area contributed by atoms with Crippen molar-refractivity contribution in [2.24, 2.45) is 0 Å². The molecule has 0 radical (unpaired) electrons. The molecule has 1 aliphatic carbocycles. The molecule has 5 nitrogen and oxygen atoms in total. The van der Waals surface area contributed by atoms with E-state index in [4.69, 9.17) is 9.26 Å². The van der Waals surface area contributed by atoms with Crippen LogP contribution in [0.4, 0.5) is 0 Å². The van der Waals surface area contributed by atoms with Gasteiger partial charge in [0.05, 0.1) is 6.10 Å². The summed E-state index contributed by atoms with van der Waals surface area (Å²) in [4.78, 5) is 12.3. The Morgan fingerprint density at radius 3 is 2.58 bits per heavy atom. The summed E-state index contributed by atoms with van der Waals surface area (Å²) in [6, 6.07) is 9.54. The number of carbonyl (C=O) groups excluding carboxylic acids is 1. The van der Waals surface area contributed by atoms with Crippen LogP contribution in [0.25, 0.3) is 11.3 Å². The summed E-state index contributed by atoms with van der Waals surface area (Å²) < 4.78 is 11.0. The van der Waals surface area contributed by atoms with Gasteiger partial charge in [0.2, 0.25) is 0 Å². The number of rotatable bonds is 5. The maximum atomic E-state index is 12.3. The monoisotopic (exact) mass is 328 g/mol. The molecule has 1 aromatic carbocycles. The summed E-state index contributed by atoms with van der Waals surface area (Å²) in [7, 11) is 0. The molecule has 0 bridgehead atoms. The highest BCUT2D eigenvalue weighted by Gasteiger charge is 2.19. The summed E-state index contributed by atoms with van der Waals surface area (Å²) in [5.41, 5.74) is 1.20. The minimum atomic E-state index is -0.156. The standard InChI is InChI=1S/C19H24N2O3/c1-13(2)23-16-10-8-14(9-11-16)18-12-17(21-24-18)19(22)20-15-6-4-3-5-7-15/h8-13,15H,3-7H2,1-2H3,(H,20,22). The Morgan fingerprint density at radius 2 is 1.92 bits per heavy atom. The second-order valence-corrected chi connectivity index (χ2v) is 6.58. The minimum Gasteiger partial charge on any atom is -0.491 e. The Bertz CT molecular complexity index is 670. The van der Waals surface area contributed by atoms with Crippen molar-refractivity contribution in [1.29, 1.82) is 0 Å². The fraction of sp³-hybridized carbons (Fsp3) is 0.474. The predicted molar refractivity (Wildman–Crippen MR) is 92.0 cm³/mol. The fourth-order valence-corrected chi connectivity index (χ4v) is 2.99. The Kier molecular flexibility index (Phi) is 5.18. The first-order valence-electron chi connectivity index (χ1n) is 8.66. The summed E-state index contributed by atoms with van der Waals surface area (Å²) in [5, 5.41) is 6.96. The quantitative estimate of drug-likeness (QED) is 0.894. The van der Waals surface area contributed by atoms with Crippen molar-refractivity contribution in [3.05, 3.63) is 36.0 Å². The number of amides is 1. The molecule has 1 N–H and O–H groups in total. The van der Waals surface area contributed by atoms with Crippen LogP contribution in [0.1, 0.15) is 56.4 Å². The largest absolute Gasteiger partial charge is 0.491 e. The predicted octanol–water partition coefficient (Wildman–Crippen LogP) is 4.19. The second kappa shape index (κ2) is 7.51. The van der Waals surface area contributed by atoms with Crippen LogP contribution in [0, 0.1) is 0 Å². The number of carbonyl (C=O) groups is 1. The van der Waals surface area contributed by atoms with Gasteiger partial charge in [-0.05, 0) is 51.0 Å². The van der Waals surface area contributed by atoms with E-state index in [0.717, 1.165) is 24.2 Å². The first-order valence-corrected chi connectivity index (χ1v) is 8.66. The van der Waals surface area contributed by atoms with Crippen molar-refractivity contribution in [2.45, 2.75) is 58.1 Å². The van der Waals surface area contributed by atoms with E-state index in [1.54, 1.807) is 6.07 Å². The number of nitrogens with one attached hydrogen (secondary N) is 1. The molecule has 1 aliphatic rings. The first kappa shape index (κ1) is 16.6. The third-order valence-electron chi connectivity index (χ3n) is 4.19. The molecule has 0 saturated heterocycles. The third-order valence-corrected chi connectivity index (χ3v) is 4.19. The average molecular weight is 328 g/mol. The van der Waals surface area contributed by atoms with E-state index >= 15 is 0 Å². The van der Waals surface area contributed by atoms with Crippen LogP contribution in [-0.4, -0.2) is 23.2 Å². The average Bonchev–Trinajstić information content (AvgIpc) is 3.06. The molecule has 0 atom stereocenters. The molecule has 1 aromatic heterocycles. The van der Waals surface area contributed by atoms with Crippen LogP contribution < -0.4 is 10.1 Å². The number of benzene rings is 1. The normalized spacial score (nSPS) is 15.5. The summed E-state index contributed by atoms with van der Waals surface area (Å²) in [6.07, 6.45) is 5.86. The van der Waals surface area contributed by atoms with Crippen molar-refractivity contribution in [3.63, 3.8) is 0 Å². The lowest BCUT2D eigenvalue weighted by Gasteiger charge is -2.22. The topological polar surface area (TPSA) is 64.4 Å². The molecule has 1 saturated carbocycles. The Labute approximate surface area is 142 Å². The van der Waals surface area contributed by atoms with Crippen LogP contribution in [0.5, 0.6) is 5.75 Å². The molecule has 24 heavy (non-hydrogen) atoms. The molecule has 0 aliphatic heterocycles. The van der Waals surface area contributed by atoms with Crippen LogP contribution in [0.3, 0.4) is 0 Å². The van der Waals surface area contributed by atoms with Crippen molar-refractivity contribution >= 4 is 5.91 Å². The number of ether oxygens (including phenoxy) is 1. The third kappa shape index (κ3) is 4.16. The molecular formula is C19H24N2O3. The highest BCUT2D eigenvalue weighted by molar-refractivity contribution is 5.93. The van der Waals surface area contributed by atoms with Crippen molar-refractivity contribution in [3.8, 4) is 17.1 Å².